The normalized spacial score (nSPS) is 23.1. The first kappa shape index (κ1) is 25.5. The fourth-order valence-corrected chi connectivity index (χ4v) is 4.02. The van der Waals surface area contributed by atoms with Gasteiger partial charge in [0.05, 0.1) is 26.4 Å². The molecule has 0 spiro atoms. The van der Waals surface area contributed by atoms with Crippen LogP contribution in [0.2, 0.25) is 0 Å². The average molecular weight is 495 g/mol. The predicted molar refractivity (Wildman–Crippen MR) is 133 cm³/mol. The molecule has 0 aromatic heterocycles. The first-order valence-electron chi connectivity index (χ1n) is 12.0. The number of carbonyl (C=O) groups excluding carboxylic acids is 2. The molecule has 2 aliphatic rings. The van der Waals surface area contributed by atoms with E-state index in [0.717, 1.165) is 22.6 Å². The van der Waals surface area contributed by atoms with Gasteiger partial charge in [-0.15, -0.1) is 0 Å². The van der Waals surface area contributed by atoms with Crippen molar-refractivity contribution in [3.63, 3.8) is 0 Å². The molecule has 2 fully saturated rings. The minimum Gasteiger partial charge on any atom is -0.494 e. The Morgan fingerprint density at radius 1 is 0.722 bits per heavy atom. The minimum atomic E-state index is -0.574. The highest BCUT2D eigenvalue weighted by molar-refractivity contribution is 5.87. The van der Waals surface area contributed by atoms with Crippen LogP contribution in [-0.2, 0) is 28.5 Å². The zero-order chi connectivity index (χ0) is 25.3. The Kier molecular flexibility index (Phi) is 8.76. The molecule has 0 bridgehead atoms. The Morgan fingerprint density at radius 3 is 1.47 bits per heavy atom. The Bertz CT molecular complexity index is 986. The van der Waals surface area contributed by atoms with Crippen molar-refractivity contribution in [2.45, 2.75) is 38.3 Å². The van der Waals surface area contributed by atoms with Gasteiger partial charge in [0.15, 0.2) is 12.2 Å². The van der Waals surface area contributed by atoms with Gasteiger partial charge < -0.3 is 28.4 Å². The highest BCUT2D eigenvalue weighted by Crippen LogP contribution is 2.31. The zero-order valence-electron chi connectivity index (χ0n) is 20.3. The van der Waals surface area contributed by atoms with Crippen molar-refractivity contribution in [1.82, 2.24) is 0 Å². The van der Waals surface area contributed by atoms with Crippen LogP contribution in [0.15, 0.2) is 60.7 Å². The number of benzene rings is 2. The van der Waals surface area contributed by atoms with E-state index in [-0.39, 0.29) is 13.2 Å². The van der Waals surface area contributed by atoms with Crippen LogP contribution in [0.5, 0.6) is 11.5 Å². The van der Waals surface area contributed by atoms with Gasteiger partial charge in [-0.25, -0.2) is 9.59 Å². The van der Waals surface area contributed by atoms with Gasteiger partial charge in [0.2, 0.25) is 0 Å². The van der Waals surface area contributed by atoms with Gasteiger partial charge in [0.25, 0.3) is 0 Å². The lowest BCUT2D eigenvalue weighted by atomic mass is 10.1. The number of rotatable bonds is 10. The summed E-state index contributed by atoms with van der Waals surface area (Å²) in [5.41, 5.74) is 1.69. The van der Waals surface area contributed by atoms with E-state index in [4.69, 9.17) is 28.4 Å². The molecule has 4 atom stereocenters. The van der Waals surface area contributed by atoms with Gasteiger partial charge in [-0.2, -0.15) is 0 Å². The number of hydrogen-bond acceptors (Lipinski definition) is 8. The summed E-state index contributed by atoms with van der Waals surface area (Å²) in [6.07, 6.45) is 3.94. The van der Waals surface area contributed by atoms with E-state index in [1.807, 2.05) is 62.4 Å². The summed E-state index contributed by atoms with van der Waals surface area (Å²) >= 11 is 0. The number of fused-ring (bicyclic) bond motifs is 1. The highest BCUT2D eigenvalue weighted by atomic mass is 16.7. The van der Waals surface area contributed by atoms with Crippen molar-refractivity contribution in [2.24, 2.45) is 0 Å². The third-order valence-electron chi connectivity index (χ3n) is 5.70. The Labute approximate surface area is 210 Å². The maximum absolute atomic E-state index is 12.3. The monoisotopic (exact) mass is 494 g/mol. The molecule has 0 amide bonds. The van der Waals surface area contributed by atoms with E-state index in [9.17, 15) is 9.59 Å². The lowest BCUT2D eigenvalue weighted by molar-refractivity contribution is -0.149. The van der Waals surface area contributed by atoms with Crippen LogP contribution in [0.4, 0.5) is 0 Å². The molecule has 0 radical (unpaired) electrons. The fourth-order valence-electron chi connectivity index (χ4n) is 4.02. The summed E-state index contributed by atoms with van der Waals surface area (Å²) in [7, 11) is 0. The molecular formula is C28H30O8. The quantitative estimate of drug-likeness (QED) is 0.364. The molecule has 2 aromatic carbocycles. The molecule has 2 heterocycles. The zero-order valence-corrected chi connectivity index (χ0v) is 20.3. The average Bonchev–Trinajstić information content (AvgIpc) is 3.47. The summed E-state index contributed by atoms with van der Waals surface area (Å²) in [5.74, 6) is 0.541. The van der Waals surface area contributed by atoms with E-state index >= 15 is 0 Å². The van der Waals surface area contributed by atoms with Gasteiger partial charge in [-0.3, -0.25) is 0 Å². The lowest BCUT2D eigenvalue weighted by Gasteiger charge is -2.16. The van der Waals surface area contributed by atoms with Crippen molar-refractivity contribution in [3.8, 4) is 11.5 Å². The topological polar surface area (TPSA) is 89.5 Å². The first-order chi connectivity index (χ1) is 17.6. The minimum absolute atomic E-state index is 0.175. The molecule has 0 saturated carbocycles. The first-order valence-corrected chi connectivity index (χ1v) is 12.0. The van der Waals surface area contributed by atoms with Gasteiger partial charge >= 0.3 is 11.9 Å². The predicted octanol–water partition coefficient (Wildman–Crippen LogP) is 3.83. The lowest BCUT2D eigenvalue weighted by Crippen LogP contribution is -2.35. The molecule has 2 aromatic rings. The summed E-state index contributed by atoms with van der Waals surface area (Å²) in [6, 6.07) is 14.8. The van der Waals surface area contributed by atoms with Gasteiger partial charge in [0.1, 0.15) is 23.7 Å². The molecule has 8 heteroatoms. The molecule has 8 nitrogen and oxygen atoms in total. The summed E-state index contributed by atoms with van der Waals surface area (Å²) in [4.78, 5) is 24.6. The summed E-state index contributed by atoms with van der Waals surface area (Å²) in [5, 5.41) is 0. The van der Waals surface area contributed by atoms with E-state index in [2.05, 4.69) is 0 Å². The van der Waals surface area contributed by atoms with Crippen molar-refractivity contribution in [2.75, 3.05) is 26.4 Å². The van der Waals surface area contributed by atoms with Crippen molar-refractivity contribution < 1.29 is 38.0 Å². The highest BCUT2D eigenvalue weighted by Gasteiger charge is 2.51. The third-order valence-corrected chi connectivity index (χ3v) is 5.70. The Morgan fingerprint density at radius 2 is 1.11 bits per heavy atom. The second kappa shape index (κ2) is 12.4. The van der Waals surface area contributed by atoms with Crippen LogP contribution in [-0.4, -0.2) is 62.8 Å². The van der Waals surface area contributed by atoms with Crippen LogP contribution in [0, 0.1) is 0 Å². The Balaban J connectivity index is 1.24. The van der Waals surface area contributed by atoms with Gasteiger partial charge in [-0.05, 0) is 61.4 Å². The molecule has 0 N–H and O–H groups in total. The number of hydrogen-bond donors (Lipinski definition) is 0. The second-order valence-corrected chi connectivity index (χ2v) is 8.22. The van der Waals surface area contributed by atoms with E-state index in [1.54, 1.807) is 12.2 Å². The van der Waals surface area contributed by atoms with Crippen molar-refractivity contribution >= 4 is 24.1 Å². The van der Waals surface area contributed by atoms with Gasteiger partial charge in [0, 0.05) is 12.2 Å². The van der Waals surface area contributed by atoms with Crippen LogP contribution in [0.3, 0.4) is 0 Å². The SMILES string of the molecule is CCOc1ccc(/C=C\C(=O)OC2COC3C(OC(=O)/C=C/c4ccc(OCC)cc4)COC23)cc1. The number of carbonyl (C=O) groups is 2. The molecule has 2 saturated heterocycles. The standard InChI is InChI=1S/C28H30O8/c1-3-31-21-11-5-19(6-12-21)9-15-25(29)35-23-17-33-28-24(18-34-27(23)28)36-26(30)16-10-20-7-13-22(14-8-20)32-4-2/h5-16,23-24,27-28H,3-4,17-18H2,1-2H3/b15-9-,16-10+. The van der Waals surface area contributed by atoms with Crippen LogP contribution in [0.1, 0.15) is 25.0 Å². The van der Waals surface area contributed by atoms with Gasteiger partial charge in [-0.1, -0.05) is 24.3 Å². The maximum Gasteiger partial charge on any atom is 0.331 e. The molecule has 0 aliphatic carbocycles. The number of esters is 2. The van der Waals surface area contributed by atoms with Crippen LogP contribution >= 0.6 is 0 Å². The Hall–Kier alpha value is -3.62. The maximum atomic E-state index is 12.3. The summed E-state index contributed by atoms with van der Waals surface area (Å²) in [6.45, 7) is 5.38. The van der Waals surface area contributed by atoms with E-state index in [0.29, 0.717) is 13.2 Å². The molecule has 36 heavy (non-hydrogen) atoms. The molecule has 2 aliphatic heterocycles. The van der Waals surface area contributed by atoms with E-state index in [1.165, 1.54) is 12.2 Å². The molecule has 4 rings (SSSR count). The number of ether oxygens (including phenoxy) is 6. The largest absolute Gasteiger partial charge is 0.494 e. The van der Waals surface area contributed by atoms with Crippen molar-refractivity contribution in [3.05, 3.63) is 71.8 Å². The van der Waals surface area contributed by atoms with Crippen LogP contribution < -0.4 is 9.47 Å². The summed E-state index contributed by atoms with van der Waals surface area (Å²) < 4.78 is 33.4. The van der Waals surface area contributed by atoms with E-state index < -0.39 is 36.4 Å². The molecular weight excluding hydrogens is 464 g/mol. The third kappa shape index (κ3) is 6.74. The molecule has 4 unspecified atom stereocenters. The fraction of sp³-hybridized carbons (Fsp3) is 0.357. The molecule has 190 valence electrons. The second-order valence-electron chi connectivity index (χ2n) is 8.22. The van der Waals surface area contributed by atoms with Crippen LogP contribution in [0.25, 0.3) is 12.2 Å². The van der Waals surface area contributed by atoms with Crippen molar-refractivity contribution in [1.29, 1.82) is 0 Å². The smallest absolute Gasteiger partial charge is 0.331 e.